The number of hydrogen-bond donors (Lipinski definition) is 1. The highest BCUT2D eigenvalue weighted by Crippen LogP contribution is 2.72. The smallest absolute Gasteiger partial charge is 0.233 e. The Balaban J connectivity index is 1.97. The Hall–Kier alpha value is -0.940. The fraction of sp³-hybridized carbons (Fsp3) is 0.562. The highest BCUT2D eigenvalue weighted by atomic mass is 79.9. The Labute approximate surface area is 143 Å². The molecule has 2 aliphatic rings. The fourth-order valence-corrected chi connectivity index (χ4v) is 5.76. The molecule has 4 nitrogen and oxygen atoms in total. The van der Waals surface area contributed by atoms with Gasteiger partial charge in [0.2, 0.25) is 5.91 Å². The molecule has 1 N–H and O–H groups in total. The van der Waals surface area contributed by atoms with Crippen LogP contribution >= 0.6 is 27.5 Å². The zero-order chi connectivity index (χ0) is 16.3. The molecule has 1 aromatic heterocycles. The molecule has 0 aromatic carbocycles. The number of nitrogens with zero attached hydrogens (tertiary/aromatic N) is 1. The van der Waals surface area contributed by atoms with Crippen molar-refractivity contribution in [3.05, 3.63) is 23.4 Å². The molecule has 3 unspecified atom stereocenters. The minimum absolute atomic E-state index is 0.128. The Bertz CT molecular complexity index is 661. The van der Waals surface area contributed by atoms with E-state index in [0.717, 1.165) is 6.42 Å². The molecular formula is C16H18BrClN2O2. The van der Waals surface area contributed by atoms with Crippen molar-refractivity contribution in [1.29, 1.82) is 0 Å². The van der Waals surface area contributed by atoms with Crippen LogP contribution in [0.2, 0.25) is 5.02 Å². The van der Waals surface area contributed by atoms with E-state index in [1.54, 1.807) is 12.1 Å². The Morgan fingerprint density at radius 3 is 2.55 bits per heavy atom. The Morgan fingerprint density at radius 2 is 2.05 bits per heavy atom. The summed E-state index contributed by atoms with van der Waals surface area (Å²) in [6, 6.07) is 3.34. The van der Waals surface area contributed by atoms with Gasteiger partial charge < -0.3 is 5.32 Å². The summed E-state index contributed by atoms with van der Waals surface area (Å²) in [6.07, 6.45) is 2.92. The normalized spacial score (nSPS) is 35.7. The van der Waals surface area contributed by atoms with Gasteiger partial charge in [0.05, 0.1) is 15.3 Å². The average molecular weight is 386 g/mol. The molecule has 22 heavy (non-hydrogen) atoms. The molecule has 1 amide bonds. The van der Waals surface area contributed by atoms with Crippen LogP contribution in [-0.4, -0.2) is 21.5 Å². The first-order chi connectivity index (χ1) is 10.2. The number of anilines is 1. The Morgan fingerprint density at radius 1 is 1.36 bits per heavy atom. The summed E-state index contributed by atoms with van der Waals surface area (Å²) in [4.78, 5) is 29.3. The van der Waals surface area contributed by atoms with Gasteiger partial charge in [-0.1, -0.05) is 48.3 Å². The molecule has 2 fully saturated rings. The van der Waals surface area contributed by atoms with Gasteiger partial charge in [0.15, 0.2) is 5.78 Å². The third-order valence-electron chi connectivity index (χ3n) is 6.09. The molecule has 2 aliphatic carbocycles. The average Bonchev–Trinajstić information content (AvgIpc) is 2.74. The van der Waals surface area contributed by atoms with Crippen molar-refractivity contribution in [1.82, 2.24) is 4.98 Å². The fourth-order valence-electron chi connectivity index (χ4n) is 4.13. The quantitative estimate of drug-likeness (QED) is 0.787. The highest BCUT2D eigenvalue weighted by molar-refractivity contribution is 9.10. The maximum atomic E-state index is 13.0. The number of ketones is 1. The number of fused-ring (bicyclic) bond motifs is 2. The summed E-state index contributed by atoms with van der Waals surface area (Å²) in [5.41, 5.74) is -1.63. The number of carbonyl (C=O) groups excluding carboxylic acids is 2. The summed E-state index contributed by atoms with van der Waals surface area (Å²) >= 11 is 9.32. The molecule has 1 heterocycles. The second-order valence-corrected chi connectivity index (χ2v) is 8.32. The molecule has 1 aromatic rings. The van der Waals surface area contributed by atoms with Crippen LogP contribution in [0, 0.1) is 16.2 Å². The van der Waals surface area contributed by atoms with Crippen LogP contribution in [0.4, 0.5) is 5.82 Å². The van der Waals surface area contributed by atoms with Crippen LogP contribution in [0.1, 0.15) is 33.6 Å². The van der Waals surface area contributed by atoms with E-state index < -0.39 is 21.1 Å². The van der Waals surface area contributed by atoms with Crippen LogP contribution in [-0.2, 0) is 9.59 Å². The number of halogens is 2. The summed E-state index contributed by atoms with van der Waals surface area (Å²) < 4.78 is 0. The lowest BCUT2D eigenvalue weighted by atomic mass is 9.64. The van der Waals surface area contributed by atoms with E-state index in [2.05, 4.69) is 26.2 Å². The lowest BCUT2D eigenvalue weighted by Gasteiger charge is -2.39. The summed E-state index contributed by atoms with van der Waals surface area (Å²) in [6.45, 7) is 6.02. The van der Waals surface area contributed by atoms with Gasteiger partial charge in [-0.25, -0.2) is 4.98 Å². The zero-order valence-corrected chi connectivity index (χ0v) is 15.1. The molecule has 2 bridgehead atoms. The van der Waals surface area contributed by atoms with Gasteiger partial charge in [-0.3, -0.25) is 9.59 Å². The van der Waals surface area contributed by atoms with Crippen LogP contribution < -0.4 is 5.32 Å². The number of Topliss-reactive ketones (excluding diaryl/α,β-unsaturated/α-hetero) is 1. The first kappa shape index (κ1) is 15.9. The topological polar surface area (TPSA) is 59.1 Å². The van der Waals surface area contributed by atoms with E-state index in [-0.39, 0.29) is 11.7 Å². The third kappa shape index (κ3) is 1.72. The van der Waals surface area contributed by atoms with Crippen molar-refractivity contribution in [3.8, 4) is 0 Å². The van der Waals surface area contributed by atoms with Gasteiger partial charge in [0, 0.05) is 11.6 Å². The van der Waals surface area contributed by atoms with Gasteiger partial charge in [0.25, 0.3) is 0 Å². The molecule has 6 heteroatoms. The van der Waals surface area contributed by atoms with Crippen molar-refractivity contribution < 1.29 is 9.59 Å². The summed E-state index contributed by atoms with van der Waals surface area (Å²) in [5, 5.41) is 3.38. The van der Waals surface area contributed by atoms with Crippen LogP contribution in [0.25, 0.3) is 0 Å². The number of amides is 1. The number of pyridine rings is 1. The second kappa shape index (κ2) is 4.78. The SMILES string of the molecule is CC12CCC(C(=O)Nc3ccc(Cl)cn3)(C(Br)C1=O)C2(C)C. The first-order valence-electron chi connectivity index (χ1n) is 7.28. The molecule has 2 saturated carbocycles. The number of hydrogen-bond acceptors (Lipinski definition) is 3. The van der Waals surface area contributed by atoms with Crippen LogP contribution in [0.5, 0.6) is 0 Å². The largest absolute Gasteiger partial charge is 0.310 e. The van der Waals surface area contributed by atoms with Gasteiger partial charge in [-0.2, -0.15) is 0 Å². The van der Waals surface area contributed by atoms with Gasteiger partial charge in [-0.15, -0.1) is 0 Å². The molecule has 0 spiro atoms. The molecule has 0 aliphatic heterocycles. The van der Waals surface area contributed by atoms with Crippen LogP contribution in [0.3, 0.4) is 0 Å². The van der Waals surface area contributed by atoms with E-state index >= 15 is 0 Å². The predicted octanol–water partition coefficient (Wildman–Crippen LogP) is 3.83. The molecule has 0 radical (unpaired) electrons. The van der Waals surface area contributed by atoms with Crippen molar-refractivity contribution >= 4 is 45.0 Å². The Kier molecular flexibility index (Phi) is 3.46. The van der Waals surface area contributed by atoms with E-state index in [4.69, 9.17) is 11.6 Å². The summed E-state index contributed by atoms with van der Waals surface area (Å²) in [5.74, 6) is 0.430. The maximum absolute atomic E-state index is 13.0. The number of rotatable bonds is 2. The molecule has 3 rings (SSSR count). The minimum Gasteiger partial charge on any atom is -0.310 e. The maximum Gasteiger partial charge on any atom is 0.233 e. The second-order valence-electron chi connectivity index (χ2n) is 6.97. The lowest BCUT2D eigenvalue weighted by molar-refractivity contribution is -0.130. The molecule has 118 valence electrons. The van der Waals surface area contributed by atoms with Gasteiger partial charge in [-0.05, 0) is 30.4 Å². The zero-order valence-electron chi connectivity index (χ0n) is 12.7. The molecule has 3 atom stereocenters. The summed E-state index contributed by atoms with van der Waals surface area (Å²) in [7, 11) is 0. The third-order valence-corrected chi connectivity index (χ3v) is 7.52. The minimum atomic E-state index is -0.750. The first-order valence-corrected chi connectivity index (χ1v) is 8.57. The van der Waals surface area contributed by atoms with Crippen LogP contribution in [0.15, 0.2) is 18.3 Å². The number of nitrogens with one attached hydrogen (secondary N) is 1. The number of alkyl halides is 1. The van der Waals surface area contributed by atoms with Gasteiger partial charge in [0.1, 0.15) is 5.82 Å². The van der Waals surface area contributed by atoms with E-state index in [1.165, 1.54) is 6.20 Å². The van der Waals surface area contributed by atoms with E-state index in [1.807, 2.05) is 20.8 Å². The van der Waals surface area contributed by atoms with E-state index in [0.29, 0.717) is 17.3 Å². The van der Waals surface area contributed by atoms with Crippen molar-refractivity contribution in [2.24, 2.45) is 16.2 Å². The molecular weight excluding hydrogens is 368 g/mol. The number of aromatic nitrogens is 1. The van der Waals surface area contributed by atoms with Crippen molar-refractivity contribution in [3.63, 3.8) is 0 Å². The molecule has 0 saturated heterocycles. The highest BCUT2D eigenvalue weighted by Gasteiger charge is 2.76. The van der Waals surface area contributed by atoms with Crippen molar-refractivity contribution in [2.75, 3.05) is 5.32 Å². The van der Waals surface area contributed by atoms with E-state index in [9.17, 15) is 9.59 Å². The standard InChI is InChI=1S/C16H18BrClN2O2/c1-14(2)15(3)6-7-16(14,11(17)12(15)21)13(22)20-10-5-4-9(18)8-19-10/h4-5,8,11H,6-7H2,1-3H3,(H,19,20,22). The van der Waals surface area contributed by atoms with Crippen molar-refractivity contribution in [2.45, 2.75) is 38.4 Å². The predicted molar refractivity (Wildman–Crippen MR) is 89.2 cm³/mol. The monoisotopic (exact) mass is 384 g/mol. The van der Waals surface area contributed by atoms with Gasteiger partial charge >= 0.3 is 0 Å². The lowest BCUT2D eigenvalue weighted by Crippen LogP contribution is -2.48. The number of carbonyl (C=O) groups is 2.